The molecule has 1 aliphatic heterocycles. The fourth-order valence-electron chi connectivity index (χ4n) is 3.27. The lowest BCUT2D eigenvalue weighted by molar-refractivity contribution is -0.153. The summed E-state index contributed by atoms with van der Waals surface area (Å²) in [6.07, 6.45) is 3.79. The van der Waals surface area contributed by atoms with E-state index in [9.17, 15) is 0 Å². The van der Waals surface area contributed by atoms with Crippen molar-refractivity contribution < 1.29 is 14.2 Å². The van der Waals surface area contributed by atoms with Gasteiger partial charge in [-0.15, -0.1) is 0 Å². The van der Waals surface area contributed by atoms with E-state index in [1.54, 1.807) is 14.2 Å². The molecule has 3 heterocycles. The summed E-state index contributed by atoms with van der Waals surface area (Å²) in [5, 5.41) is 0. The maximum atomic E-state index is 5.71. The molecule has 0 radical (unpaired) electrons. The molecule has 0 N–H and O–H groups in total. The highest BCUT2D eigenvalue weighted by Crippen LogP contribution is 2.21. The van der Waals surface area contributed by atoms with Crippen molar-refractivity contribution in [2.45, 2.75) is 24.8 Å². The van der Waals surface area contributed by atoms with Crippen LogP contribution in [0.3, 0.4) is 0 Å². The zero-order chi connectivity index (χ0) is 16.9. The maximum Gasteiger partial charge on any atom is 0.136 e. The zero-order valence-corrected chi connectivity index (χ0v) is 14.5. The van der Waals surface area contributed by atoms with Crippen LogP contribution in [0, 0.1) is 0 Å². The summed E-state index contributed by atoms with van der Waals surface area (Å²) in [5.74, 6) is 0.920. The van der Waals surface area contributed by atoms with Gasteiger partial charge in [0.2, 0.25) is 0 Å². The lowest BCUT2D eigenvalue weighted by atomic mass is 10.0. The Balaban J connectivity index is 1.75. The zero-order valence-electron chi connectivity index (χ0n) is 14.5. The first-order valence-electron chi connectivity index (χ1n) is 8.15. The van der Waals surface area contributed by atoms with Crippen LogP contribution in [0.2, 0.25) is 0 Å². The largest absolute Gasteiger partial charge is 0.377 e. The van der Waals surface area contributed by atoms with E-state index in [1.165, 1.54) is 5.69 Å². The van der Waals surface area contributed by atoms with Gasteiger partial charge in [0.05, 0.1) is 19.3 Å². The molecule has 0 unspecified atom stereocenters. The summed E-state index contributed by atoms with van der Waals surface area (Å²) in [6.45, 7) is 1.98. The molecule has 24 heavy (non-hydrogen) atoms. The Labute approximate surface area is 143 Å². The number of aromatic nitrogens is 2. The number of rotatable bonds is 6. The Morgan fingerprint density at radius 1 is 1.21 bits per heavy atom. The van der Waals surface area contributed by atoms with Crippen LogP contribution in [0.15, 0.2) is 42.7 Å². The van der Waals surface area contributed by atoms with Gasteiger partial charge in [0.25, 0.3) is 0 Å². The molecule has 1 aliphatic rings. The van der Waals surface area contributed by atoms with Crippen LogP contribution in [-0.2, 0) is 20.8 Å². The third-order valence-corrected chi connectivity index (χ3v) is 4.60. The van der Waals surface area contributed by atoms with Crippen molar-refractivity contribution in [3.05, 3.63) is 48.4 Å². The Hall–Kier alpha value is -1.73. The topological polar surface area (TPSA) is 48.8 Å². The molecule has 6 heteroatoms. The van der Waals surface area contributed by atoms with Crippen molar-refractivity contribution in [3.63, 3.8) is 0 Å². The van der Waals surface area contributed by atoms with Crippen LogP contribution in [0.25, 0.3) is 5.82 Å². The lowest BCUT2D eigenvalue weighted by Crippen LogP contribution is -2.56. The van der Waals surface area contributed by atoms with E-state index in [1.807, 2.05) is 36.7 Å². The number of hydrogen-bond donors (Lipinski definition) is 0. The summed E-state index contributed by atoms with van der Waals surface area (Å²) in [5.41, 5.74) is 1.17. The number of ether oxygens (including phenoxy) is 3. The third-order valence-electron chi connectivity index (χ3n) is 4.60. The number of hydrogen-bond acceptors (Lipinski definition) is 5. The van der Waals surface area contributed by atoms with E-state index in [4.69, 9.17) is 14.2 Å². The van der Waals surface area contributed by atoms with E-state index in [2.05, 4.69) is 27.6 Å². The first-order valence-corrected chi connectivity index (χ1v) is 8.15. The monoisotopic (exact) mass is 331 g/mol. The van der Waals surface area contributed by atoms with Gasteiger partial charge < -0.3 is 18.8 Å². The molecule has 0 spiro atoms. The molecule has 1 fully saturated rings. The number of likely N-dealkylation sites (N-methyl/N-ethyl adjacent to an activating group) is 1. The van der Waals surface area contributed by atoms with Gasteiger partial charge in [-0.25, -0.2) is 4.98 Å². The standard InChI is InChI=1S/C18H25N3O3/c1-20(15-12-24-13-16(22-2)18(15)23-3)11-14-7-6-10-21(14)17-8-4-5-9-19-17/h4-10,15-16,18H,11-13H2,1-3H3/t15-,16-,18+/m1/s1. The van der Waals surface area contributed by atoms with Gasteiger partial charge in [0, 0.05) is 38.9 Å². The minimum absolute atomic E-state index is 0.00740. The molecule has 2 aromatic heterocycles. The van der Waals surface area contributed by atoms with Crippen LogP contribution >= 0.6 is 0 Å². The molecule has 0 bridgehead atoms. The molecule has 3 atom stereocenters. The van der Waals surface area contributed by atoms with E-state index >= 15 is 0 Å². The Bertz CT molecular complexity index is 631. The van der Waals surface area contributed by atoms with Crippen LogP contribution in [-0.4, -0.2) is 67.2 Å². The second kappa shape index (κ2) is 7.90. The van der Waals surface area contributed by atoms with Gasteiger partial charge in [0.1, 0.15) is 18.0 Å². The van der Waals surface area contributed by atoms with Crippen molar-refractivity contribution in [2.24, 2.45) is 0 Å². The van der Waals surface area contributed by atoms with E-state index in [-0.39, 0.29) is 18.2 Å². The second-order valence-electron chi connectivity index (χ2n) is 6.05. The highest BCUT2D eigenvalue weighted by atomic mass is 16.6. The van der Waals surface area contributed by atoms with Crippen LogP contribution in [0.4, 0.5) is 0 Å². The molecule has 0 aromatic carbocycles. The van der Waals surface area contributed by atoms with Crippen molar-refractivity contribution in [3.8, 4) is 5.82 Å². The maximum absolute atomic E-state index is 5.71. The average molecular weight is 331 g/mol. The van der Waals surface area contributed by atoms with Crippen LogP contribution in [0.1, 0.15) is 5.69 Å². The highest BCUT2D eigenvalue weighted by Gasteiger charge is 2.37. The summed E-state index contributed by atoms with van der Waals surface area (Å²) in [7, 11) is 5.53. The normalized spacial score (nSPS) is 24.4. The minimum Gasteiger partial charge on any atom is -0.377 e. The van der Waals surface area contributed by atoms with Crippen LogP contribution < -0.4 is 0 Å². The van der Waals surface area contributed by atoms with Crippen molar-refractivity contribution in [2.75, 3.05) is 34.5 Å². The van der Waals surface area contributed by atoms with Gasteiger partial charge >= 0.3 is 0 Å². The van der Waals surface area contributed by atoms with E-state index in [0.29, 0.717) is 13.2 Å². The Morgan fingerprint density at radius 3 is 2.79 bits per heavy atom. The first kappa shape index (κ1) is 17.1. The average Bonchev–Trinajstić information content (AvgIpc) is 3.09. The summed E-state index contributed by atoms with van der Waals surface area (Å²) in [4.78, 5) is 6.69. The Morgan fingerprint density at radius 2 is 2.08 bits per heavy atom. The SMILES string of the molecule is CO[C@H]1[C@H](N(C)Cc2cccn2-c2ccccn2)COC[C@H]1OC. The van der Waals surface area contributed by atoms with Crippen molar-refractivity contribution in [1.29, 1.82) is 0 Å². The fourth-order valence-corrected chi connectivity index (χ4v) is 3.27. The smallest absolute Gasteiger partial charge is 0.136 e. The van der Waals surface area contributed by atoms with Gasteiger partial charge in [-0.1, -0.05) is 6.07 Å². The molecule has 6 nitrogen and oxygen atoms in total. The fraction of sp³-hybridized carbons (Fsp3) is 0.500. The molecule has 3 rings (SSSR count). The molecule has 0 amide bonds. The summed E-state index contributed by atoms with van der Waals surface area (Å²) in [6, 6.07) is 10.2. The first-order chi connectivity index (χ1) is 11.7. The highest BCUT2D eigenvalue weighted by molar-refractivity contribution is 5.27. The lowest BCUT2D eigenvalue weighted by Gasteiger charge is -2.40. The van der Waals surface area contributed by atoms with Gasteiger partial charge in [0.15, 0.2) is 0 Å². The van der Waals surface area contributed by atoms with Crippen molar-refractivity contribution >= 4 is 0 Å². The quantitative estimate of drug-likeness (QED) is 0.807. The number of pyridine rings is 1. The minimum atomic E-state index is -0.0428. The third kappa shape index (κ3) is 3.52. The number of nitrogens with zero attached hydrogens (tertiary/aromatic N) is 3. The van der Waals surface area contributed by atoms with Crippen LogP contribution in [0.5, 0.6) is 0 Å². The van der Waals surface area contributed by atoms with Gasteiger partial charge in [-0.3, -0.25) is 4.90 Å². The van der Waals surface area contributed by atoms with E-state index < -0.39 is 0 Å². The molecular formula is C18H25N3O3. The van der Waals surface area contributed by atoms with Gasteiger partial charge in [-0.2, -0.15) is 0 Å². The van der Waals surface area contributed by atoms with E-state index in [0.717, 1.165) is 12.4 Å². The molecule has 2 aromatic rings. The summed E-state index contributed by atoms with van der Waals surface area (Å²) < 4.78 is 19.0. The predicted molar refractivity (Wildman–Crippen MR) is 91.2 cm³/mol. The Kier molecular flexibility index (Phi) is 5.63. The second-order valence-corrected chi connectivity index (χ2v) is 6.05. The molecule has 0 aliphatic carbocycles. The molecule has 1 saturated heterocycles. The van der Waals surface area contributed by atoms with Gasteiger partial charge in [-0.05, 0) is 31.3 Å². The number of methoxy groups -OCH3 is 2. The molecule has 0 saturated carbocycles. The molecule has 130 valence electrons. The predicted octanol–water partition coefficient (Wildman–Crippen LogP) is 1.73. The summed E-state index contributed by atoms with van der Waals surface area (Å²) >= 11 is 0. The van der Waals surface area contributed by atoms with Crippen molar-refractivity contribution in [1.82, 2.24) is 14.5 Å². The molecular weight excluding hydrogens is 306 g/mol.